The fraction of sp³-hybridized carbons (Fsp3) is 0. The molecular weight excluding hydrogens is 322 g/mol. The number of hydrogen-bond donors (Lipinski definition) is 0. The number of aliphatic carboxylic acids is 4. The average molecular weight is 328 g/mol. The molecule has 0 saturated heterocycles. The molecule has 0 rings (SSSR count). The number of carbonyl (C=O) groups is 4. The maximum Gasteiger partial charge on any atom is 3.00 e. The summed E-state index contributed by atoms with van der Waals surface area (Å²) in [6.45, 7) is 0. The molecule has 0 aromatic rings. The Morgan fingerprint density at radius 2 is 0.588 bits per heavy atom. The van der Waals surface area contributed by atoms with Gasteiger partial charge in [-0.2, -0.15) is 0 Å². The summed E-state index contributed by atoms with van der Waals surface area (Å²) in [5, 5.41) is 35.7. The molecule has 0 radical (unpaired) electrons. The van der Waals surface area contributed by atoms with Crippen molar-refractivity contribution in [2.24, 2.45) is 0 Å². The van der Waals surface area contributed by atoms with E-state index in [1.807, 2.05) is 0 Å². The molecule has 0 aromatic carbocycles. The van der Waals surface area contributed by atoms with Gasteiger partial charge >= 0.3 is 68.2 Å². The van der Waals surface area contributed by atoms with E-state index in [1.54, 1.807) is 0 Å². The van der Waals surface area contributed by atoms with E-state index in [1.165, 1.54) is 0 Å². The Morgan fingerprint density at radius 1 is 0.529 bits per heavy atom. The van der Waals surface area contributed by atoms with E-state index in [4.69, 9.17) is 39.6 Å². The normalized spacial score (nSPS) is 5.18. The number of hydrogen-bond acceptors (Lipinski definition) is 8. The Bertz CT molecular complexity index is 180. The minimum absolute atomic E-state index is 0. The zero-order chi connectivity index (χ0) is 10.3. The Kier molecular flexibility index (Phi) is 63.9. The van der Waals surface area contributed by atoms with Gasteiger partial charge in [-0.05, 0) is 0 Å². The first-order chi connectivity index (χ1) is 5.29. The van der Waals surface area contributed by atoms with Gasteiger partial charge < -0.3 is 56.0 Å². The Hall–Kier alpha value is -0.0971. The smallest absolute Gasteiger partial charge is 0.543 e. The van der Waals surface area contributed by atoms with Crippen LogP contribution in [-0.4, -0.2) is 40.3 Å². The maximum absolute atomic E-state index is 8.93. The third kappa shape index (κ3) is 49.2. The molecule has 11 nitrogen and oxygen atoms in total. The summed E-state index contributed by atoms with van der Waals surface area (Å²) >= 11 is 0. The van der Waals surface area contributed by atoms with Crippen molar-refractivity contribution in [3.8, 4) is 0 Å². The summed E-state index contributed by atoms with van der Waals surface area (Å²) in [4.78, 5) is 35.7. The second-order valence-corrected chi connectivity index (χ2v) is 1.15. The largest absolute Gasteiger partial charge is 3.00 e. The first-order valence-corrected chi connectivity index (χ1v) is 2.13. The molecule has 0 heterocycles. The molecule has 0 aromatic heterocycles. The first-order valence-electron chi connectivity index (χ1n) is 2.13. The van der Waals surface area contributed by atoms with Gasteiger partial charge in [0.15, 0.2) is 0 Å². The summed E-state index contributed by atoms with van der Waals surface area (Å²) in [5.41, 5.74) is 0. The molecule has 0 bridgehead atoms. The van der Waals surface area contributed by atoms with Crippen molar-refractivity contribution in [2.75, 3.05) is 0 Å². The monoisotopic (exact) mass is 328 g/mol. The second kappa shape index (κ2) is 24.9. The van der Waals surface area contributed by atoms with Gasteiger partial charge in [0.25, 0.3) is 0 Å². The molecule has 13 heteroatoms. The molecule has 6 N–H and O–H groups in total. The Morgan fingerprint density at radius 3 is 0.588 bits per heavy atom. The predicted molar refractivity (Wildman–Crippen MR) is 30.9 cm³/mol. The predicted octanol–water partition coefficient (Wildman–Crippen LogP) is -12.5. The van der Waals surface area contributed by atoms with Crippen LogP contribution in [0.3, 0.4) is 0 Å². The van der Waals surface area contributed by atoms with Gasteiger partial charge in [-0.1, -0.05) is 0 Å². The van der Waals surface area contributed by atoms with E-state index in [0.717, 1.165) is 0 Å². The topological polar surface area (TPSA) is 255 Å². The third-order valence-electron chi connectivity index (χ3n) is 0.333. The van der Waals surface area contributed by atoms with Crippen LogP contribution < -0.4 is 71.8 Å². The van der Waals surface area contributed by atoms with E-state index in [0.29, 0.717) is 0 Å². The van der Waals surface area contributed by atoms with Crippen molar-refractivity contribution in [1.29, 1.82) is 0 Å². The van der Waals surface area contributed by atoms with Crippen LogP contribution in [-0.2, 0) is 36.0 Å². The van der Waals surface area contributed by atoms with Crippen LogP contribution in [0.4, 0.5) is 0 Å². The van der Waals surface area contributed by atoms with E-state index < -0.39 is 23.9 Å². The van der Waals surface area contributed by atoms with Crippen molar-refractivity contribution in [1.82, 2.24) is 0 Å². The molecule has 17 heavy (non-hydrogen) atoms. The number of carboxylic acid groups (broad SMARTS) is 4. The Balaban J connectivity index is -0.0000000182. The van der Waals surface area contributed by atoms with Gasteiger partial charge in [0.05, 0.1) is 23.9 Å². The molecule has 0 aliphatic heterocycles. The molecule has 0 fully saturated rings. The fourth-order valence-electron chi connectivity index (χ4n) is 0. The van der Waals surface area contributed by atoms with Crippen LogP contribution in [0.2, 0.25) is 0 Å². The molecular formula is C4H6CoKO11. The zero-order valence-corrected chi connectivity index (χ0v) is 12.3. The summed E-state index contributed by atoms with van der Waals surface area (Å²) in [6.07, 6.45) is 0. The first kappa shape index (κ1) is 43.6. The molecule has 0 saturated carbocycles. The summed E-state index contributed by atoms with van der Waals surface area (Å²) in [7, 11) is 0. The molecule has 0 amide bonds. The van der Waals surface area contributed by atoms with Gasteiger partial charge in [-0.25, -0.2) is 0 Å². The fourth-order valence-corrected chi connectivity index (χ4v) is 0. The molecule has 0 aliphatic carbocycles. The van der Waals surface area contributed by atoms with Gasteiger partial charge in [-0.3, -0.25) is 0 Å². The molecule has 0 aliphatic rings. The van der Waals surface area contributed by atoms with E-state index >= 15 is 0 Å². The average Bonchev–Trinajstić information content (AvgIpc) is 1.88. The SMILES string of the molecule is O.O.O.O=C([O-])C(=O)[O-].O=C([O-])C(=O)[O-].[Co+3].[K+]. The van der Waals surface area contributed by atoms with Gasteiger partial charge in [0, 0.05) is 0 Å². The molecule has 0 atom stereocenters. The minimum atomic E-state index is -2.19. The van der Waals surface area contributed by atoms with Gasteiger partial charge in [0.1, 0.15) is 0 Å². The number of rotatable bonds is 0. The summed E-state index contributed by atoms with van der Waals surface area (Å²) < 4.78 is 0. The van der Waals surface area contributed by atoms with Crippen LogP contribution in [0.15, 0.2) is 0 Å². The van der Waals surface area contributed by atoms with Crippen molar-refractivity contribution in [2.45, 2.75) is 0 Å². The van der Waals surface area contributed by atoms with Gasteiger partial charge in [0.2, 0.25) is 0 Å². The summed E-state index contributed by atoms with van der Waals surface area (Å²) in [6, 6.07) is 0. The van der Waals surface area contributed by atoms with E-state index in [9.17, 15) is 0 Å². The molecule has 0 unspecified atom stereocenters. The zero-order valence-electron chi connectivity index (χ0n) is 8.10. The van der Waals surface area contributed by atoms with Gasteiger partial charge in [-0.15, -0.1) is 0 Å². The third-order valence-corrected chi connectivity index (χ3v) is 0.333. The van der Waals surface area contributed by atoms with Crippen LogP contribution in [0.1, 0.15) is 0 Å². The second-order valence-electron chi connectivity index (χ2n) is 1.15. The van der Waals surface area contributed by atoms with Crippen molar-refractivity contribution in [3.63, 3.8) is 0 Å². The molecule has 98 valence electrons. The number of carbonyl (C=O) groups excluding carboxylic acids is 4. The van der Waals surface area contributed by atoms with Crippen LogP contribution in [0.25, 0.3) is 0 Å². The van der Waals surface area contributed by atoms with Crippen LogP contribution in [0, 0.1) is 0 Å². The maximum atomic E-state index is 8.93. The standard InChI is InChI=1S/2C2H2O4.Co.K.3H2O/c2*3-1(4)2(5)6;;;;;/h2*(H,3,4)(H,5,6);;;3*1H2/q;;+3;+1;;;/p-4. The van der Waals surface area contributed by atoms with E-state index in [2.05, 4.69) is 0 Å². The quantitative estimate of drug-likeness (QED) is 0.303. The Labute approximate surface area is 146 Å². The van der Waals surface area contributed by atoms with Crippen molar-refractivity contribution >= 4 is 23.9 Å². The van der Waals surface area contributed by atoms with Crippen molar-refractivity contribution < 1.29 is 124 Å². The minimum Gasteiger partial charge on any atom is -0.543 e. The van der Waals surface area contributed by atoms with Crippen molar-refractivity contribution in [3.05, 3.63) is 0 Å². The molecule has 0 spiro atoms. The van der Waals surface area contributed by atoms with Crippen LogP contribution in [0.5, 0.6) is 0 Å². The summed E-state index contributed by atoms with van der Waals surface area (Å²) in [5.74, 6) is -8.74. The number of carboxylic acids is 4. The van der Waals surface area contributed by atoms with Crippen LogP contribution >= 0.6 is 0 Å². The van der Waals surface area contributed by atoms with E-state index in [-0.39, 0.29) is 84.6 Å².